The molecular weight excluding hydrogens is 410 g/mol. The van der Waals surface area contributed by atoms with Crippen LogP contribution in [0.15, 0.2) is 36.4 Å². The number of carbonyl (C=O) groups excluding carboxylic acids is 2. The number of nitrogens with zero attached hydrogens (tertiary/aromatic N) is 2. The molecule has 0 saturated carbocycles. The molecule has 0 radical (unpaired) electrons. The summed E-state index contributed by atoms with van der Waals surface area (Å²) in [6.07, 6.45) is 0. The van der Waals surface area contributed by atoms with Crippen LogP contribution in [0.25, 0.3) is 0 Å². The summed E-state index contributed by atoms with van der Waals surface area (Å²) in [5.74, 6) is -0.316. The van der Waals surface area contributed by atoms with Crippen molar-refractivity contribution in [3.05, 3.63) is 52.1 Å². The highest BCUT2D eigenvalue weighted by Gasteiger charge is 2.24. The second-order valence-corrected chi connectivity index (χ2v) is 6.75. The Labute approximate surface area is 176 Å². The van der Waals surface area contributed by atoms with Crippen LogP contribution in [-0.4, -0.2) is 56.5 Å². The molecule has 2 aliphatic heterocycles. The first-order valence-electron chi connectivity index (χ1n) is 9.49. The summed E-state index contributed by atoms with van der Waals surface area (Å²) in [5.41, 5.74) is 0.727. The average molecular weight is 429 g/mol. The molecule has 1 N–H and O–H groups in total. The summed E-state index contributed by atoms with van der Waals surface area (Å²) < 4.78 is 20.9. The Balaban J connectivity index is 1.43. The second-order valence-electron chi connectivity index (χ2n) is 6.75. The van der Waals surface area contributed by atoms with E-state index in [9.17, 15) is 19.7 Å². The Morgan fingerprint density at radius 2 is 1.87 bits per heavy atom. The first kappa shape index (κ1) is 20.4. The molecule has 1 fully saturated rings. The van der Waals surface area contributed by atoms with Crippen molar-refractivity contribution in [1.29, 1.82) is 0 Å². The third-order valence-electron chi connectivity index (χ3n) is 4.75. The molecule has 0 unspecified atom stereocenters. The topological polar surface area (TPSA) is 129 Å². The van der Waals surface area contributed by atoms with Crippen molar-refractivity contribution in [2.45, 2.75) is 0 Å². The van der Waals surface area contributed by atoms with E-state index in [0.29, 0.717) is 49.2 Å². The van der Waals surface area contributed by atoms with Gasteiger partial charge < -0.3 is 29.2 Å². The number of carbonyl (C=O) groups is 2. The number of nitro benzene ring substituents is 1. The zero-order valence-corrected chi connectivity index (χ0v) is 16.4. The van der Waals surface area contributed by atoms with Crippen LogP contribution in [-0.2, 0) is 14.3 Å². The van der Waals surface area contributed by atoms with Crippen LogP contribution in [0, 0.1) is 10.1 Å². The number of anilines is 2. The lowest BCUT2D eigenvalue weighted by molar-refractivity contribution is -0.384. The number of nitrogens with one attached hydrogen (secondary N) is 1. The zero-order chi connectivity index (χ0) is 21.8. The van der Waals surface area contributed by atoms with Gasteiger partial charge in [-0.05, 0) is 18.2 Å². The van der Waals surface area contributed by atoms with Gasteiger partial charge >= 0.3 is 5.97 Å². The Bertz CT molecular complexity index is 1020. The number of nitro groups is 1. The van der Waals surface area contributed by atoms with E-state index in [1.54, 1.807) is 18.2 Å². The van der Waals surface area contributed by atoms with Gasteiger partial charge in [0.25, 0.3) is 11.6 Å². The number of fused-ring (bicyclic) bond motifs is 1. The second kappa shape index (κ2) is 8.88. The average Bonchev–Trinajstić information content (AvgIpc) is 3.25. The zero-order valence-electron chi connectivity index (χ0n) is 16.4. The largest absolute Gasteiger partial charge is 0.454 e. The molecule has 162 valence electrons. The minimum Gasteiger partial charge on any atom is -0.454 e. The van der Waals surface area contributed by atoms with E-state index in [-0.39, 0.29) is 18.0 Å². The van der Waals surface area contributed by atoms with Crippen molar-refractivity contribution in [2.75, 3.05) is 49.9 Å². The highest BCUT2D eigenvalue weighted by molar-refractivity contribution is 5.99. The number of non-ortho nitro benzene ring substituents is 1. The molecule has 2 aliphatic rings. The predicted molar refractivity (Wildman–Crippen MR) is 108 cm³/mol. The van der Waals surface area contributed by atoms with Crippen LogP contribution in [0.2, 0.25) is 0 Å². The van der Waals surface area contributed by atoms with E-state index < -0.39 is 23.4 Å². The Morgan fingerprint density at radius 1 is 1.10 bits per heavy atom. The molecular formula is C20H19N3O8. The monoisotopic (exact) mass is 429 g/mol. The molecule has 4 rings (SSSR count). The van der Waals surface area contributed by atoms with Crippen molar-refractivity contribution in [3.63, 3.8) is 0 Å². The molecule has 31 heavy (non-hydrogen) atoms. The number of esters is 1. The van der Waals surface area contributed by atoms with E-state index in [0.717, 1.165) is 6.07 Å². The fourth-order valence-electron chi connectivity index (χ4n) is 3.26. The molecule has 2 aromatic rings. The lowest BCUT2D eigenvalue weighted by Gasteiger charge is -2.30. The fraction of sp³-hybridized carbons (Fsp3) is 0.300. The molecule has 11 heteroatoms. The third kappa shape index (κ3) is 4.67. The number of rotatable bonds is 6. The standard InChI is InChI=1S/C20H19N3O8/c24-19(21-13-1-4-17-18(9-13)31-12-30-17)11-29-20(25)15-10-14(23(26)27)2-3-16(15)22-5-7-28-8-6-22/h1-4,9-10H,5-8,11-12H2,(H,21,24). The normalized spacial score (nSPS) is 14.8. The Hall–Kier alpha value is -3.86. The maximum Gasteiger partial charge on any atom is 0.341 e. The molecule has 11 nitrogen and oxygen atoms in total. The number of morpholine rings is 1. The molecule has 0 aromatic heterocycles. The molecule has 2 heterocycles. The van der Waals surface area contributed by atoms with Crippen molar-refractivity contribution in [1.82, 2.24) is 0 Å². The molecule has 0 spiro atoms. The smallest absolute Gasteiger partial charge is 0.341 e. The first-order valence-corrected chi connectivity index (χ1v) is 9.49. The van der Waals surface area contributed by atoms with E-state index >= 15 is 0 Å². The number of amides is 1. The van der Waals surface area contributed by atoms with Crippen LogP contribution in [0.1, 0.15) is 10.4 Å². The summed E-state index contributed by atoms with van der Waals surface area (Å²) in [5, 5.41) is 13.7. The van der Waals surface area contributed by atoms with Gasteiger partial charge in [-0.1, -0.05) is 0 Å². The predicted octanol–water partition coefficient (Wildman–Crippen LogP) is 1.96. The summed E-state index contributed by atoms with van der Waals surface area (Å²) in [7, 11) is 0. The van der Waals surface area contributed by atoms with Gasteiger partial charge in [0, 0.05) is 37.0 Å². The van der Waals surface area contributed by atoms with Gasteiger partial charge in [0.1, 0.15) is 0 Å². The number of benzene rings is 2. The van der Waals surface area contributed by atoms with Crippen LogP contribution in [0.3, 0.4) is 0 Å². The minimum absolute atomic E-state index is 0.0204. The molecule has 1 saturated heterocycles. The van der Waals surface area contributed by atoms with E-state index in [1.807, 2.05) is 4.90 Å². The molecule has 1 amide bonds. The molecule has 0 aliphatic carbocycles. The third-order valence-corrected chi connectivity index (χ3v) is 4.75. The molecule has 0 bridgehead atoms. The molecule has 0 atom stereocenters. The summed E-state index contributed by atoms with van der Waals surface area (Å²) in [6, 6.07) is 8.87. The van der Waals surface area contributed by atoms with Crippen LogP contribution in [0.4, 0.5) is 17.1 Å². The maximum absolute atomic E-state index is 12.7. The first-order chi connectivity index (χ1) is 15.0. The maximum atomic E-state index is 12.7. The van der Waals surface area contributed by atoms with Gasteiger partial charge in [-0.2, -0.15) is 0 Å². The van der Waals surface area contributed by atoms with Gasteiger partial charge in [0.15, 0.2) is 18.1 Å². The SMILES string of the molecule is O=C(COC(=O)c1cc([N+](=O)[O-])ccc1N1CCOCC1)Nc1ccc2c(c1)OCO2. The summed E-state index contributed by atoms with van der Waals surface area (Å²) in [4.78, 5) is 37.3. The highest BCUT2D eigenvalue weighted by atomic mass is 16.7. The van der Waals surface area contributed by atoms with Gasteiger partial charge in [-0.3, -0.25) is 14.9 Å². The van der Waals surface area contributed by atoms with Crippen LogP contribution in [0.5, 0.6) is 11.5 Å². The van der Waals surface area contributed by atoms with Crippen molar-refractivity contribution < 1.29 is 33.5 Å². The van der Waals surface area contributed by atoms with E-state index in [1.165, 1.54) is 12.1 Å². The van der Waals surface area contributed by atoms with Crippen molar-refractivity contribution in [3.8, 4) is 11.5 Å². The number of hydrogen-bond acceptors (Lipinski definition) is 9. The van der Waals surface area contributed by atoms with Crippen molar-refractivity contribution >= 4 is 28.9 Å². The van der Waals surface area contributed by atoms with Crippen LogP contribution >= 0.6 is 0 Å². The lowest BCUT2D eigenvalue weighted by atomic mass is 10.1. The quantitative estimate of drug-likeness (QED) is 0.416. The van der Waals surface area contributed by atoms with Gasteiger partial charge in [0.05, 0.1) is 29.4 Å². The van der Waals surface area contributed by atoms with Gasteiger partial charge in [-0.25, -0.2) is 4.79 Å². The Morgan fingerprint density at radius 3 is 2.65 bits per heavy atom. The fourth-order valence-corrected chi connectivity index (χ4v) is 3.26. The van der Waals surface area contributed by atoms with E-state index in [4.69, 9.17) is 18.9 Å². The van der Waals surface area contributed by atoms with Crippen molar-refractivity contribution in [2.24, 2.45) is 0 Å². The molecule has 2 aromatic carbocycles. The van der Waals surface area contributed by atoms with Crippen LogP contribution < -0.4 is 19.7 Å². The lowest BCUT2D eigenvalue weighted by Crippen LogP contribution is -2.37. The van der Waals surface area contributed by atoms with Gasteiger partial charge in [0.2, 0.25) is 6.79 Å². The Kier molecular flexibility index (Phi) is 5.85. The minimum atomic E-state index is -0.828. The number of ether oxygens (including phenoxy) is 4. The highest BCUT2D eigenvalue weighted by Crippen LogP contribution is 2.34. The number of hydrogen-bond donors (Lipinski definition) is 1. The summed E-state index contributed by atoms with van der Waals surface area (Å²) >= 11 is 0. The summed E-state index contributed by atoms with van der Waals surface area (Å²) in [6.45, 7) is 1.57. The van der Waals surface area contributed by atoms with E-state index in [2.05, 4.69) is 5.32 Å². The van der Waals surface area contributed by atoms with Gasteiger partial charge in [-0.15, -0.1) is 0 Å².